The van der Waals surface area contributed by atoms with Crippen LogP contribution in [0.1, 0.15) is 30.9 Å². The lowest BCUT2D eigenvalue weighted by Gasteiger charge is -2.37. The summed E-state index contributed by atoms with van der Waals surface area (Å²) < 4.78 is 6.06. The molecule has 0 spiro atoms. The number of fused-ring (bicyclic) bond motifs is 3. The van der Waals surface area contributed by atoms with E-state index in [0.717, 1.165) is 22.3 Å². The number of benzene rings is 2. The van der Waals surface area contributed by atoms with E-state index in [1.165, 1.54) is 0 Å². The molecule has 0 saturated carbocycles. The molecule has 0 aliphatic heterocycles. The highest BCUT2D eigenvalue weighted by atomic mass is 16.5. The number of hydrogen-bond acceptors (Lipinski definition) is 3. The fourth-order valence-electron chi connectivity index (χ4n) is 4.73. The predicted octanol–water partition coefficient (Wildman–Crippen LogP) is 3.71. The molecule has 0 aromatic heterocycles. The molecule has 0 radical (unpaired) electrons. The van der Waals surface area contributed by atoms with Gasteiger partial charge < -0.3 is 19.6 Å². The summed E-state index contributed by atoms with van der Waals surface area (Å²) in [5, 5.41) is 12.4. The quantitative estimate of drug-likeness (QED) is 0.514. The molecule has 0 fully saturated rings. The number of carbonyl (C=O) groups excluding carboxylic acids is 1. The summed E-state index contributed by atoms with van der Waals surface area (Å²) >= 11 is 0. The van der Waals surface area contributed by atoms with Crippen molar-refractivity contribution in [2.75, 3.05) is 34.3 Å². The van der Waals surface area contributed by atoms with Crippen molar-refractivity contribution in [3.63, 3.8) is 0 Å². The number of carboxylic acid groups (broad SMARTS) is 1. The molecule has 0 saturated heterocycles. The van der Waals surface area contributed by atoms with Gasteiger partial charge in [-0.1, -0.05) is 54.5 Å². The van der Waals surface area contributed by atoms with Crippen molar-refractivity contribution in [3.8, 4) is 23.0 Å². The van der Waals surface area contributed by atoms with E-state index >= 15 is 0 Å². The summed E-state index contributed by atoms with van der Waals surface area (Å²) in [6.07, 6.45) is -0.759. The average molecular weight is 436 g/mol. The minimum absolute atomic E-state index is 0.0931. The maximum atomic E-state index is 12.7. The highest BCUT2D eigenvalue weighted by molar-refractivity contribution is 5.82. The van der Waals surface area contributed by atoms with E-state index in [-0.39, 0.29) is 12.5 Å². The summed E-state index contributed by atoms with van der Waals surface area (Å²) in [6, 6.07) is 14.9. The number of nitrogens with zero attached hydrogens (tertiary/aromatic N) is 1. The van der Waals surface area contributed by atoms with Gasteiger partial charge in [0.05, 0.1) is 27.7 Å². The Bertz CT molecular complexity index is 1030. The van der Waals surface area contributed by atoms with E-state index in [1.54, 1.807) is 13.8 Å². The zero-order valence-corrected chi connectivity index (χ0v) is 19.3. The van der Waals surface area contributed by atoms with E-state index in [2.05, 4.69) is 29.3 Å². The van der Waals surface area contributed by atoms with Crippen LogP contribution in [-0.4, -0.2) is 62.0 Å². The number of quaternary nitrogens is 1. The smallest absolute Gasteiger partial charge is 0.407 e. The Kier molecular flexibility index (Phi) is 6.61. The summed E-state index contributed by atoms with van der Waals surface area (Å²) in [4.78, 5) is 24.8. The molecular formula is C26H31N2O4+. The molecule has 0 unspecified atom stereocenters. The first-order chi connectivity index (χ1) is 15.1. The third-order valence-electron chi connectivity index (χ3n) is 5.70. The van der Waals surface area contributed by atoms with Gasteiger partial charge in [0.1, 0.15) is 12.0 Å². The van der Waals surface area contributed by atoms with Crippen molar-refractivity contribution >= 4 is 12.1 Å². The van der Waals surface area contributed by atoms with Crippen LogP contribution in [0.25, 0.3) is 11.1 Å². The lowest BCUT2D eigenvalue weighted by molar-refractivity contribution is -0.876. The van der Waals surface area contributed by atoms with Crippen LogP contribution in [0.2, 0.25) is 0 Å². The minimum atomic E-state index is -1.21. The van der Waals surface area contributed by atoms with Crippen LogP contribution in [0.3, 0.4) is 0 Å². The highest BCUT2D eigenvalue weighted by Crippen LogP contribution is 2.44. The number of carboxylic acids is 1. The lowest BCUT2D eigenvalue weighted by atomic mass is 9.81. The fourth-order valence-corrected chi connectivity index (χ4v) is 4.73. The lowest BCUT2D eigenvalue weighted by Crippen LogP contribution is -2.57. The van der Waals surface area contributed by atoms with Crippen LogP contribution in [0.15, 0.2) is 48.5 Å². The van der Waals surface area contributed by atoms with E-state index in [0.29, 0.717) is 11.0 Å². The molecule has 1 aliphatic carbocycles. The molecule has 0 bridgehead atoms. The Labute approximate surface area is 189 Å². The first-order valence-corrected chi connectivity index (χ1v) is 10.6. The third-order valence-corrected chi connectivity index (χ3v) is 5.70. The molecule has 6 nitrogen and oxygen atoms in total. The van der Waals surface area contributed by atoms with Crippen LogP contribution < -0.4 is 5.32 Å². The van der Waals surface area contributed by atoms with Gasteiger partial charge in [0.15, 0.2) is 6.04 Å². The van der Waals surface area contributed by atoms with Gasteiger partial charge in [-0.2, -0.15) is 0 Å². The molecule has 1 amide bonds. The van der Waals surface area contributed by atoms with Crippen molar-refractivity contribution in [2.45, 2.75) is 25.8 Å². The topological polar surface area (TPSA) is 75.6 Å². The summed E-state index contributed by atoms with van der Waals surface area (Å²) in [7, 11) is 5.88. The van der Waals surface area contributed by atoms with Crippen molar-refractivity contribution in [3.05, 3.63) is 59.7 Å². The minimum Gasteiger partial charge on any atom is -0.480 e. The van der Waals surface area contributed by atoms with E-state index in [9.17, 15) is 14.7 Å². The molecule has 3 rings (SSSR count). The number of amides is 1. The molecule has 1 aliphatic rings. The first kappa shape index (κ1) is 23.4. The predicted molar refractivity (Wildman–Crippen MR) is 124 cm³/mol. The van der Waals surface area contributed by atoms with Gasteiger partial charge in [-0.25, -0.2) is 9.59 Å². The Balaban J connectivity index is 1.77. The molecule has 2 atom stereocenters. The van der Waals surface area contributed by atoms with Gasteiger partial charge in [-0.15, -0.1) is 5.92 Å². The molecular weight excluding hydrogens is 404 g/mol. The molecule has 168 valence electrons. The number of aliphatic carboxylic acids is 1. The monoisotopic (exact) mass is 435 g/mol. The van der Waals surface area contributed by atoms with Gasteiger partial charge in [-0.3, -0.25) is 0 Å². The first-order valence-electron chi connectivity index (χ1n) is 10.6. The van der Waals surface area contributed by atoms with E-state index < -0.39 is 23.5 Å². The Morgan fingerprint density at radius 2 is 1.62 bits per heavy atom. The largest absolute Gasteiger partial charge is 0.480 e. The number of nitrogens with one attached hydrogen (secondary N) is 1. The molecule has 0 heterocycles. The molecule has 32 heavy (non-hydrogen) atoms. The zero-order valence-electron chi connectivity index (χ0n) is 19.3. The fraction of sp³-hybridized carbons (Fsp3) is 0.385. The summed E-state index contributed by atoms with van der Waals surface area (Å²) in [5.74, 6) is 4.60. The van der Waals surface area contributed by atoms with Crippen molar-refractivity contribution in [1.29, 1.82) is 0 Å². The van der Waals surface area contributed by atoms with Gasteiger partial charge in [0, 0.05) is 5.92 Å². The van der Waals surface area contributed by atoms with Gasteiger partial charge in [-0.05, 0) is 36.1 Å². The van der Waals surface area contributed by atoms with Crippen molar-refractivity contribution in [1.82, 2.24) is 5.32 Å². The van der Waals surface area contributed by atoms with E-state index in [1.807, 2.05) is 57.5 Å². The van der Waals surface area contributed by atoms with Crippen LogP contribution in [0.4, 0.5) is 4.79 Å². The zero-order chi connectivity index (χ0) is 23.5. The Morgan fingerprint density at radius 1 is 1.09 bits per heavy atom. The number of hydrogen-bond donors (Lipinski definition) is 2. The van der Waals surface area contributed by atoms with Crippen LogP contribution in [0.5, 0.6) is 0 Å². The number of rotatable bonds is 7. The van der Waals surface area contributed by atoms with Crippen molar-refractivity contribution in [2.24, 2.45) is 5.41 Å². The second kappa shape index (κ2) is 9.05. The molecule has 2 aromatic carbocycles. The van der Waals surface area contributed by atoms with Crippen LogP contribution >= 0.6 is 0 Å². The molecule has 2 aromatic rings. The van der Waals surface area contributed by atoms with Crippen molar-refractivity contribution < 1.29 is 23.9 Å². The Hall–Kier alpha value is -3.30. The third kappa shape index (κ3) is 4.95. The van der Waals surface area contributed by atoms with Gasteiger partial charge in [0.25, 0.3) is 0 Å². The second-order valence-corrected chi connectivity index (χ2v) is 9.48. The molecule has 2 N–H and O–H groups in total. The SMILES string of the molecule is CC#C[C@@](C)(C[N+](C)(C)C)[C@@H](NC(=O)OCC1c2ccccc2-c2ccccc21)C(=O)O. The molecule has 6 heteroatoms. The van der Waals surface area contributed by atoms with Crippen LogP contribution in [-0.2, 0) is 9.53 Å². The summed E-state index contributed by atoms with van der Waals surface area (Å²) in [5.41, 5.74) is 3.50. The number of carbonyl (C=O) groups is 2. The highest BCUT2D eigenvalue weighted by Gasteiger charge is 2.44. The van der Waals surface area contributed by atoms with Gasteiger partial charge >= 0.3 is 12.1 Å². The van der Waals surface area contributed by atoms with E-state index in [4.69, 9.17) is 4.74 Å². The maximum absolute atomic E-state index is 12.7. The summed E-state index contributed by atoms with van der Waals surface area (Å²) in [6.45, 7) is 3.99. The van der Waals surface area contributed by atoms with Crippen LogP contribution in [0, 0.1) is 17.3 Å². The second-order valence-electron chi connectivity index (χ2n) is 9.48. The van der Waals surface area contributed by atoms with Gasteiger partial charge in [0.2, 0.25) is 0 Å². The number of alkyl carbamates (subject to hydrolysis) is 1. The average Bonchev–Trinajstić information content (AvgIpc) is 3.03. The maximum Gasteiger partial charge on any atom is 0.407 e. The normalized spacial score (nSPS) is 15.4. The standard InChI is InChI=1S/C26H30N2O4/c1-6-15-26(2,17-28(3,4)5)23(24(29)30)27-25(31)32-16-22-20-13-9-7-11-18(20)19-12-8-10-14-21(19)22/h7-14,22-23H,16-17H2,1-5H3,(H-,27,29,30,31)/p+1/t23-,26-/m0/s1. The Morgan fingerprint density at radius 3 is 2.09 bits per heavy atom. The number of ether oxygens (including phenoxy) is 1.